The standard InChI is InChI=1S/C15H25NO4/c1-2-20-12-7-11(8-12)16-13(17)9-15(10-14(18)19)5-3-4-6-15/h11-12H,2-10H2,1H3,(H,16,17)(H,18,19). The topological polar surface area (TPSA) is 75.6 Å². The van der Waals surface area contributed by atoms with Crippen LogP contribution >= 0.6 is 0 Å². The molecule has 5 heteroatoms. The van der Waals surface area contributed by atoms with Crippen LogP contribution < -0.4 is 5.32 Å². The molecule has 0 bridgehead atoms. The highest BCUT2D eigenvalue weighted by Crippen LogP contribution is 2.44. The van der Waals surface area contributed by atoms with Gasteiger partial charge in [0.05, 0.1) is 12.5 Å². The average Bonchev–Trinajstić information content (AvgIpc) is 2.73. The molecule has 114 valence electrons. The first-order chi connectivity index (χ1) is 9.53. The normalized spacial score (nSPS) is 27.9. The Bertz CT molecular complexity index is 357. The molecule has 2 saturated carbocycles. The molecule has 1 amide bonds. The third kappa shape index (κ3) is 3.95. The van der Waals surface area contributed by atoms with Crippen LogP contribution in [0.25, 0.3) is 0 Å². The zero-order valence-corrected chi connectivity index (χ0v) is 12.2. The van der Waals surface area contributed by atoms with Gasteiger partial charge in [0, 0.05) is 19.1 Å². The Labute approximate surface area is 120 Å². The number of carbonyl (C=O) groups is 2. The molecule has 2 rings (SSSR count). The molecule has 0 heterocycles. The summed E-state index contributed by atoms with van der Waals surface area (Å²) >= 11 is 0. The molecule has 0 atom stereocenters. The molecular weight excluding hydrogens is 258 g/mol. The smallest absolute Gasteiger partial charge is 0.303 e. The summed E-state index contributed by atoms with van der Waals surface area (Å²) in [4.78, 5) is 23.1. The van der Waals surface area contributed by atoms with Crippen LogP contribution in [0.2, 0.25) is 0 Å². The lowest BCUT2D eigenvalue weighted by Crippen LogP contribution is -2.48. The highest BCUT2D eigenvalue weighted by atomic mass is 16.5. The fourth-order valence-corrected chi connectivity index (χ4v) is 3.54. The summed E-state index contributed by atoms with van der Waals surface area (Å²) in [6.45, 7) is 2.69. The van der Waals surface area contributed by atoms with Gasteiger partial charge in [-0.2, -0.15) is 0 Å². The lowest BCUT2D eigenvalue weighted by Gasteiger charge is -2.36. The highest BCUT2D eigenvalue weighted by Gasteiger charge is 2.39. The summed E-state index contributed by atoms with van der Waals surface area (Å²) in [5.41, 5.74) is -0.307. The molecule has 2 aliphatic carbocycles. The maximum Gasteiger partial charge on any atom is 0.303 e. The van der Waals surface area contributed by atoms with Crippen molar-refractivity contribution in [2.24, 2.45) is 5.41 Å². The molecule has 0 spiro atoms. The summed E-state index contributed by atoms with van der Waals surface area (Å²) in [6.07, 6.45) is 6.31. The summed E-state index contributed by atoms with van der Waals surface area (Å²) in [6, 6.07) is 0.210. The number of nitrogens with one attached hydrogen (secondary N) is 1. The third-order valence-electron chi connectivity index (χ3n) is 4.59. The second-order valence-corrected chi connectivity index (χ2v) is 6.27. The number of rotatable bonds is 7. The van der Waals surface area contributed by atoms with Crippen molar-refractivity contribution in [1.29, 1.82) is 0 Å². The fourth-order valence-electron chi connectivity index (χ4n) is 3.54. The molecule has 0 saturated heterocycles. The minimum atomic E-state index is -0.792. The highest BCUT2D eigenvalue weighted by molar-refractivity contribution is 5.78. The monoisotopic (exact) mass is 283 g/mol. The van der Waals surface area contributed by atoms with Crippen LogP contribution in [0.1, 0.15) is 58.3 Å². The van der Waals surface area contributed by atoms with Crippen LogP contribution in [-0.2, 0) is 14.3 Å². The molecule has 0 unspecified atom stereocenters. The SMILES string of the molecule is CCOC1CC(NC(=O)CC2(CC(=O)O)CCCC2)C1. The number of amides is 1. The van der Waals surface area contributed by atoms with Gasteiger partial charge >= 0.3 is 5.97 Å². The van der Waals surface area contributed by atoms with Crippen molar-refractivity contribution in [2.45, 2.75) is 70.4 Å². The predicted molar refractivity (Wildman–Crippen MR) is 74.3 cm³/mol. The van der Waals surface area contributed by atoms with Crippen LogP contribution in [0.4, 0.5) is 0 Å². The Morgan fingerprint density at radius 1 is 1.25 bits per heavy atom. The summed E-state index contributed by atoms with van der Waals surface area (Å²) in [5.74, 6) is -0.784. The second-order valence-electron chi connectivity index (χ2n) is 6.27. The molecule has 0 aromatic carbocycles. The quantitative estimate of drug-likeness (QED) is 0.750. The maximum atomic E-state index is 12.1. The number of carbonyl (C=O) groups excluding carboxylic acids is 1. The van der Waals surface area contributed by atoms with Gasteiger partial charge < -0.3 is 15.2 Å². The zero-order chi connectivity index (χ0) is 14.6. The number of hydrogen-bond acceptors (Lipinski definition) is 3. The molecule has 0 radical (unpaired) electrons. The van der Waals surface area contributed by atoms with Gasteiger partial charge in [-0.25, -0.2) is 0 Å². The molecule has 20 heavy (non-hydrogen) atoms. The maximum absolute atomic E-state index is 12.1. The van der Waals surface area contributed by atoms with Crippen molar-refractivity contribution >= 4 is 11.9 Å². The Hall–Kier alpha value is -1.10. The van der Waals surface area contributed by atoms with E-state index in [0.29, 0.717) is 13.0 Å². The number of carboxylic acid groups (broad SMARTS) is 1. The zero-order valence-electron chi connectivity index (χ0n) is 12.2. The van der Waals surface area contributed by atoms with E-state index in [9.17, 15) is 9.59 Å². The van der Waals surface area contributed by atoms with E-state index in [1.165, 1.54) is 0 Å². The molecule has 0 aromatic heterocycles. The van der Waals surface area contributed by atoms with Crippen LogP contribution in [0.3, 0.4) is 0 Å². The Kier molecular flexibility index (Phi) is 5.02. The van der Waals surface area contributed by atoms with Gasteiger partial charge in [-0.3, -0.25) is 9.59 Å². The van der Waals surface area contributed by atoms with Crippen molar-refractivity contribution in [3.63, 3.8) is 0 Å². The number of carboxylic acids is 1. The molecule has 0 aromatic rings. The van der Waals surface area contributed by atoms with E-state index in [2.05, 4.69) is 5.32 Å². The molecule has 2 fully saturated rings. The molecular formula is C15H25NO4. The van der Waals surface area contributed by atoms with E-state index in [0.717, 1.165) is 38.5 Å². The van der Waals surface area contributed by atoms with Crippen molar-refractivity contribution in [3.05, 3.63) is 0 Å². The van der Waals surface area contributed by atoms with Crippen molar-refractivity contribution in [3.8, 4) is 0 Å². The number of ether oxygens (including phenoxy) is 1. The van der Waals surface area contributed by atoms with Gasteiger partial charge in [0.25, 0.3) is 0 Å². The molecule has 5 nitrogen and oxygen atoms in total. The third-order valence-corrected chi connectivity index (χ3v) is 4.59. The van der Waals surface area contributed by atoms with E-state index in [4.69, 9.17) is 9.84 Å². The fraction of sp³-hybridized carbons (Fsp3) is 0.867. The minimum Gasteiger partial charge on any atom is -0.481 e. The van der Waals surface area contributed by atoms with Crippen LogP contribution in [0.15, 0.2) is 0 Å². The van der Waals surface area contributed by atoms with Crippen molar-refractivity contribution < 1.29 is 19.4 Å². The Morgan fingerprint density at radius 3 is 2.45 bits per heavy atom. The lowest BCUT2D eigenvalue weighted by atomic mass is 9.79. The number of aliphatic carboxylic acids is 1. The van der Waals surface area contributed by atoms with Crippen molar-refractivity contribution in [1.82, 2.24) is 5.32 Å². The Balaban J connectivity index is 1.77. The van der Waals surface area contributed by atoms with Gasteiger partial charge in [-0.1, -0.05) is 12.8 Å². The summed E-state index contributed by atoms with van der Waals surface area (Å²) < 4.78 is 5.47. The van der Waals surface area contributed by atoms with Gasteiger partial charge in [0.15, 0.2) is 0 Å². The molecule has 2 N–H and O–H groups in total. The van der Waals surface area contributed by atoms with E-state index < -0.39 is 5.97 Å². The van der Waals surface area contributed by atoms with Gasteiger partial charge in [0.1, 0.15) is 0 Å². The van der Waals surface area contributed by atoms with Gasteiger partial charge in [0.2, 0.25) is 5.91 Å². The Morgan fingerprint density at radius 2 is 1.90 bits per heavy atom. The largest absolute Gasteiger partial charge is 0.481 e. The summed E-state index contributed by atoms with van der Waals surface area (Å²) in [5, 5.41) is 12.1. The predicted octanol–water partition coefficient (Wildman–Crippen LogP) is 2.10. The average molecular weight is 283 g/mol. The van der Waals surface area contributed by atoms with E-state index in [1.807, 2.05) is 6.92 Å². The first-order valence-corrected chi connectivity index (χ1v) is 7.66. The summed E-state index contributed by atoms with van der Waals surface area (Å²) in [7, 11) is 0. The minimum absolute atomic E-state index is 0.00750. The van der Waals surface area contributed by atoms with E-state index in [-0.39, 0.29) is 29.9 Å². The van der Waals surface area contributed by atoms with Crippen LogP contribution in [-0.4, -0.2) is 35.7 Å². The van der Waals surface area contributed by atoms with Crippen LogP contribution in [0, 0.1) is 5.41 Å². The first-order valence-electron chi connectivity index (χ1n) is 7.66. The van der Waals surface area contributed by atoms with Crippen LogP contribution in [0.5, 0.6) is 0 Å². The van der Waals surface area contributed by atoms with E-state index in [1.54, 1.807) is 0 Å². The molecule has 2 aliphatic rings. The number of hydrogen-bond donors (Lipinski definition) is 2. The molecule has 0 aliphatic heterocycles. The first kappa shape index (κ1) is 15.3. The lowest BCUT2D eigenvalue weighted by molar-refractivity contribution is -0.140. The second kappa shape index (κ2) is 6.57. The van der Waals surface area contributed by atoms with E-state index >= 15 is 0 Å². The van der Waals surface area contributed by atoms with Crippen molar-refractivity contribution in [2.75, 3.05) is 6.61 Å². The van der Waals surface area contributed by atoms with Gasteiger partial charge in [-0.15, -0.1) is 0 Å². The van der Waals surface area contributed by atoms with Gasteiger partial charge in [-0.05, 0) is 38.0 Å².